The standard InChI is InChI=1S/C26H25F6NO3/c27-25(28,29)19-14-17(15-20(16-19)26(30,31)32)21-6-11-33(22(21)34)23(18-4-2-1-3-5-18)7-9-24(10-8-23)35-12-13-36-24/h1-5,14-16,21H,6-13H2/t21-/m0/s1. The number of carbonyl (C=O) groups is 1. The number of hydrogen-bond acceptors (Lipinski definition) is 3. The molecule has 1 saturated carbocycles. The maximum Gasteiger partial charge on any atom is 0.416 e. The summed E-state index contributed by atoms with van der Waals surface area (Å²) >= 11 is 0. The van der Waals surface area contributed by atoms with Crippen molar-refractivity contribution in [2.45, 2.75) is 61.7 Å². The summed E-state index contributed by atoms with van der Waals surface area (Å²) in [5.41, 5.74) is -2.95. The fourth-order valence-electron chi connectivity index (χ4n) is 5.89. The van der Waals surface area contributed by atoms with Gasteiger partial charge in [-0.05, 0) is 48.6 Å². The average molecular weight is 513 g/mol. The van der Waals surface area contributed by atoms with Crippen LogP contribution in [-0.4, -0.2) is 36.4 Å². The smallest absolute Gasteiger partial charge is 0.348 e. The second-order valence-corrected chi connectivity index (χ2v) is 9.68. The fraction of sp³-hybridized carbons (Fsp3) is 0.500. The Morgan fingerprint density at radius 2 is 1.36 bits per heavy atom. The SMILES string of the molecule is O=C1[C@H](c2cc(C(F)(F)F)cc(C(F)(F)F)c2)CCN1C1(c2ccccc2)CCC2(CC1)OCCO2. The van der Waals surface area contributed by atoms with Gasteiger partial charge in [-0.3, -0.25) is 4.79 Å². The molecular formula is C26H25F6NO3. The minimum atomic E-state index is -4.97. The molecule has 2 heterocycles. The number of nitrogens with zero attached hydrogens (tertiary/aromatic N) is 1. The Kier molecular flexibility index (Phi) is 6.10. The predicted molar refractivity (Wildman–Crippen MR) is 117 cm³/mol. The maximum atomic E-state index is 13.7. The zero-order valence-electron chi connectivity index (χ0n) is 19.3. The van der Waals surface area contributed by atoms with Crippen LogP contribution in [-0.2, 0) is 32.2 Å². The van der Waals surface area contributed by atoms with E-state index in [4.69, 9.17) is 9.47 Å². The molecule has 1 amide bonds. The van der Waals surface area contributed by atoms with Crippen LogP contribution in [0.5, 0.6) is 0 Å². The Hall–Kier alpha value is -2.59. The second kappa shape index (κ2) is 8.76. The van der Waals surface area contributed by atoms with E-state index >= 15 is 0 Å². The zero-order chi connectivity index (χ0) is 25.8. The number of amides is 1. The molecule has 194 valence electrons. The van der Waals surface area contributed by atoms with Gasteiger partial charge in [0.25, 0.3) is 0 Å². The van der Waals surface area contributed by atoms with Crippen LogP contribution < -0.4 is 0 Å². The average Bonchev–Trinajstić information content (AvgIpc) is 3.46. The Morgan fingerprint density at radius 3 is 1.89 bits per heavy atom. The molecule has 0 N–H and O–H groups in total. The van der Waals surface area contributed by atoms with Gasteiger partial charge < -0.3 is 14.4 Å². The molecule has 1 spiro atoms. The van der Waals surface area contributed by atoms with Gasteiger partial charge in [-0.25, -0.2) is 0 Å². The maximum absolute atomic E-state index is 13.7. The van der Waals surface area contributed by atoms with Crippen LogP contribution in [0.25, 0.3) is 0 Å². The van der Waals surface area contributed by atoms with E-state index in [9.17, 15) is 31.1 Å². The Bertz CT molecular complexity index is 1080. The molecule has 36 heavy (non-hydrogen) atoms. The fourth-order valence-corrected chi connectivity index (χ4v) is 5.89. The van der Waals surface area contributed by atoms with Crippen molar-refractivity contribution in [2.24, 2.45) is 0 Å². The quantitative estimate of drug-likeness (QED) is 0.456. The van der Waals surface area contributed by atoms with Crippen LogP contribution in [0, 0.1) is 0 Å². The topological polar surface area (TPSA) is 38.8 Å². The van der Waals surface area contributed by atoms with E-state index in [-0.39, 0.29) is 24.6 Å². The Balaban J connectivity index is 1.50. The first-order valence-electron chi connectivity index (χ1n) is 11.9. The van der Waals surface area contributed by atoms with E-state index in [2.05, 4.69) is 0 Å². The summed E-state index contributed by atoms with van der Waals surface area (Å²) in [7, 11) is 0. The highest BCUT2D eigenvalue weighted by Gasteiger charge is 2.53. The molecular weight excluding hydrogens is 488 g/mol. The second-order valence-electron chi connectivity index (χ2n) is 9.68. The predicted octanol–water partition coefficient (Wildman–Crippen LogP) is 6.25. The van der Waals surface area contributed by atoms with Gasteiger partial charge in [0, 0.05) is 19.4 Å². The van der Waals surface area contributed by atoms with Gasteiger partial charge >= 0.3 is 12.4 Å². The highest BCUT2D eigenvalue weighted by atomic mass is 19.4. The first-order chi connectivity index (χ1) is 16.9. The number of alkyl halides is 6. The highest BCUT2D eigenvalue weighted by Crippen LogP contribution is 2.51. The van der Waals surface area contributed by atoms with Gasteiger partial charge in [0.2, 0.25) is 5.91 Å². The zero-order valence-corrected chi connectivity index (χ0v) is 19.3. The molecule has 1 aliphatic carbocycles. The molecule has 3 aliphatic rings. The van der Waals surface area contributed by atoms with Crippen molar-refractivity contribution in [3.63, 3.8) is 0 Å². The van der Waals surface area contributed by atoms with Gasteiger partial charge in [-0.2, -0.15) is 26.3 Å². The van der Waals surface area contributed by atoms with Crippen molar-refractivity contribution in [1.82, 2.24) is 4.90 Å². The lowest BCUT2D eigenvalue weighted by molar-refractivity contribution is -0.196. The van der Waals surface area contributed by atoms with E-state index in [1.807, 2.05) is 30.3 Å². The summed E-state index contributed by atoms with van der Waals surface area (Å²) in [6, 6.07) is 10.8. The van der Waals surface area contributed by atoms with E-state index in [0.29, 0.717) is 51.0 Å². The molecule has 0 unspecified atom stereocenters. The van der Waals surface area contributed by atoms with Crippen LogP contribution >= 0.6 is 0 Å². The molecule has 10 heteroatoms. The molecule has 2 aromatic carbocycles. The third-order valence-electron chi connectivity index (χ3n) is 7.70. The third kappa shape index (κ3) is 4.38. The minimum absolute atomic E-state index is 0.0916. The number of benzene rings is 2. The van der Waals surface area contributed by atoms with Gasteiger partial charge in [0.05, 0.1) is 35.8 Å². The Morgan fingerprint density at radius 1 is 0.806 bits per heavy atom. The number of hydrogen-bond donors (Lipinski definition) is 0. The molecule has 0 radical (unpaired) electrons. The molecule has 2 saturated heterocycles. The van der Waals surface area contributed by atoms with E-state index in [1.165, 1.54) is 0 Å². The van der Waals surface area contributed by atoms with Crippen molar-refractivity contribution in [2.75, 3.05) is 19.8 Å². The van der Waals surface area contributed by atoms with Crippen molar-refractivity contribution in [1.29, 1.82) is 0 Å². The lowest BCUT2D eigenvalue weighted by Gasteiger charge is -2.49. The van der Waals surface area contributed by atoms with Gasteiger partial charge in [0.15, 0.2) is 5.79 Å². The summed E-state index contributed by atoms with van der Waals surface area (Å²) in [5, 5.41) is 0. The summed E-state index contributed by atoms with van der Waals surface area (Å²) < 4.78 is 92.3. The summed E-state index contributed by atoms with van der Waals surface area (Å²) in [6.45, 7) is 1.20. The molecule has 2 aliphatic heterocycles. The molecule has 3 fully saturated rings. The van der Waals surface area contributed by atoms with E-state index < -0.39 is 46.6 Å². The summed E-state index contributed by atoms with van der Waals surface area (Å²) in [6.07, 6.45) is -7.75. The van der Waals surface area contributed by atoms with Crippen LogP contribution in [0.1, 0.15) is 60.3 Å². The first-order valence-corrected chi connectivity index (χ1v) is 11.9. The molecule has 2 aromatic rings. The Labute approximate surface area is 204 Å². The minimum Gasteiger partial charge on any atom is -0.348 e. The highest BCUT2D eigenvalue weighted by molar-refractivity contribution is 5.87. The third-order valence-corrected chi connectivity index (χ3v) is 7.70. The van der Waals surface area contributed by atoms with Crippen LogP contribution in [0.3, 0.4) is 0 Å². The number of ether oxygens (including phenoxy) is 2. The molecule has 5 rings (SSSR count). The number of halogens is 6. The lowest BCUT2D eigenvalue weighted by Crippen LogP contribution is -2.53. The molecule has 0 bridgehead atoms. The van der Waals surface area contributed by atoms with E-state index in [0.717, 1.165) is 5.56 Å². The monoisotopic (exact) mass is 513 g/mol. The van der Waals surface area contributed by atoms with Crippen LogP contribution in [0.15, 0.2) is 48.5 Å². The van der Waals surface area contributed by atoms with Crippen LogP contribution in [0.2, 0.25) is 0 Å². The number of likely N-dealkylation sites (tertiary alicyclic amines) is 1. The van der Waals surface area contributed by atoms with Gasteiger partial charge in [-0.15, -0.1) is 0 Å². The number of rotatable bonds is 3. The molecule has 4 nitrogen and oxygen atoms in total. The number of carbonyl (C=O) groups excluding carboxylic acids is 1. The van der Waals surface area contributed by atoms with Gasteiger partial charge in [0.1, 0.15) is 0 Å². The van der Waals surface area contributed by atoms with Crippen LogP contribution in [0.4, 0.5) is 26.3 Å². The van der Waals surface area contributed by atoms with Crippen molar-refractivity contribution < 1.29 is 40.6 Å². The van der Waals surface area contributed by atoms with Crippen molar-refractivity contribution in [3.8, 4) is 0 Å². The molecule has 1 atom stereocenters. The lowest BCUT2D eigenvalue weighted by atomic mass is 9.73. The molecule has 0 aromatic heterocycles. The normalized spacial score (nSPS) is 24.0. The van der Waals surface area contributed by atoms with Crippen molar-refractivity contribution >= 4 is 5.91 Å². The summed E-state index contributed by atoms with van der Waals surface area (Å²) in [5.74, 6) is -2.26. The largest absolute Gasteiger partial charge is 0.416 e. The summed E-state index contributed by atoms with van der Waals surface area (Å²) in [4.78, 5) is 15.4. The first kappa shape index (κ1) is 25.1. The van der Waals surface area contributed by atoms with Gasteiger partial charge in [-0.1, -0.05) is 30.3 Å². The van der Waals surface area contributed by atoms with Crippen molar-refractivity contribution in [3.05, 3.63) is 70.8 Å². The van der Waals surface area contributed by atoms with E-state index in [1.54, 1.807) is 4.90 Å².